The molecule has 2 aromatic heterocycles. The average molecular weight is 529 g/mol. The zero-order valence-electron chi connectivity index (χ0n) is 18.2. The number of carboxylic acids is 1. The molecule has 0 spiro atoms. The molecule has 0 aliphatic carbocycles. The molecule has 176 valence electrons. The summed E-state index contributed by atoms with van der Waals surface area (Å²) in [5.41, 5.74) is 1.91. The van der Waals surface area contributed by atoms with Gasteiger partial charge in [-0.1, -0.05) is 34.7 Å². The Kier molecular flexibility index (Phi) is 6.76. The van der Waals surface area contributed by atoms with Crippen molar-refractivity contribution in [3.8, 4) is 0 Å². The largest absolute Gasteiger partial charge is 0.477 e. The minimum Gasteiger partial charge on any atom is -0.477 e. The fourth-order valence-electron chi connectivity index (χ4n) is 3.68. The van der Waals surface area contributed by atoms with Crippen LogP contribution in [0.5, 0.6) is 0 Å². The first-order valence-corrected chi connectivity index (χ1v) is 13.2. The van der Waals surface area contributed by atoms with E-state index >= 15 is 0 Å². The molecule has 2 N–H and O–H groups in total. The summed E-state index contributed by atoms with van der Waals surface area (Å²) in [5.74, 6) is -1.15. The normalized spacial score (nSPS) is 21.0. The molecular weight excluding hydrogens is 508 g/mol. The molecule has 0 saturated carbocycles. The number of carboxylic acid groups (broad SMARTS) is 1. The van der Waals surface area contributed by atoms with Crippen molar-refractivity contribution < 1.29 is 19.5 Å². The Morgan fingerprint density at radius 2 is 2.06 bits per heavy atom. The van der Waals surface area contributed by atoms with Gasteiger partial charge in [-0.15, -0.1) is 22.0 Å². The van der Waals surface area contributed by atoms with E-state index < -0.39 is 29.3 Å². The highest BCUT2D eigenvalue weighted by molar-refractivity contribution is 8.01. The lowest BCUT2D eigenvalue weighted by Crippen LogP contribution is -2.71. The van der Waals surface area contributed by atoms with Crippen molar-refractivity contribution in [2.45, 2.75) is 49.5 Å². The standard InChI is InChI=1S/C19H21ClN6O4S3/c1-7-12(20)8(2)26(24-7)9(3)15(27)21-13-16(28)25-14(18(29)30)11(5-31-17(13)25)6-32-19-23-22-10(4)33-19/h9,13,17H,5-6H2,1-4H3,(H,21,27)(H,29,30)/t9-,13-,17-/m1/s1. The topological polar surface area (TPSA) is 130 Å². The van der Waals surface area contributed by atoms with Crippen LogP contribution in [0.15, 0.2) is 15.6 Å². The number of carbonyl (C=O) groups excluding carboxylic acids is 2. The number of β-lactam (4-membered cyclic amide) rings is 1. The summed E-state index contributed by atoms with van der Waals surface area (Å²) in [7, 11) is 0. The van der Waals surface area contributed by atoms with Crippen molar-refractivity contribution >= 4 is 64.2 Å². The number of thioether (sulfide) groups is 2. The van der Waals surface area contributed by atoms with Gasteiger partial charge in [-0.05, 0) is 33.3 Å². The summed E-state index contributed by atoms with van der Waals surface area (Å²) in [5, 5.41) is 25.7. The Labute approximate surface area is 207 Å². The smallest absolute Gasteiger partial charge is 0.352 e. The Hall–Kier alpha value is -2.09. The molecule has 2 aliphatic heterocycles. The Morgan fingerprint density at radius 1 is 1.33 bits per heavy atom. The van der Waals surface area contributed by atoms with E-state index in [1.807, 2.05) is 6.92 Å². The highest BCUT2D eigenvalue weighted by Gasteiger charge is 2.54. The van der Waals surface area contributed by atoms with Gasteiger partial charge in [-0.2, -0.15) is 5.10 Å². The molecule has 0 aromatic carbocycles. The number of nitrogens with one attached hydrogen (secondary N) is 1. The number of fused-ring (bicyclic) bond motifs is 1. The maximum atomic E-state index is 12.9. The van der Waals surface area contributed by atoms with Crippen molar-refractivity contribution in [2.24, 2.45) is 0 Å². The number of aryl methyl sites for hydroxylation is 2. The number of nitrogens with zero attached hydrogens (tertiary/aromatic N) is 5. The van der Waals surface area contributed by atoms with Gasteiger partial charge in [0.05, 0.1) is 16.4 Å². The Morgan fingerprint density at radius 3 is 2.64 bits per heavy atom. The number of amides is 2. The van der Waals surface area contributed by atoms with Crippen molar-refractivity contribution in [1.82, 2.24) is 30.2 Å². The van der Waals surface area contributed by atoms with Crippen LogP contribution in [-0.2, 0) is 14.4 Å². The third-order valence-electron chi connectivity index (χ3n) is 5.41. The maximum absolute atomic E-state index is 12.9. The van der Waals surface area contributed by atoms with Crippen LogP contribution >= 0.6 is 46.5 Å². The second kappa shape index (κ2) is 9.28. The first-order valence-electron chi connectivity index (χ1n) is 9.94. The van der Waals surface area contributed by atoms with Crippen molar-refractivity contribution in [2.75, 3.05) is 11.5 Å². The van der Waals surface area contributed by atoms with Gasteiger partial charge in [0.15, 0.2) is 4.34 Å². The SMILES string of the molecule is Cc1nnc(SCC2=C(C(=O)O)N3C(=O)[C@@H](NC(=O)[C@@H](C)n4nc(C)c(Cl)c4C)[C@H]3SC2)s1. The van der Waals surface area contributed by atoms with Gasteiger partial charge in [0.1, 0.15) is 28.2 Å². The maximum Gasteiger partial charge on any atom is 0.352 e. The lowest BCUT2D eigenvalue weighted by atomic mass is 10.0. The molecule has 4 rings (SSSR count). The van der Waals surface area contributed by atoms with Crippen LogP contribution in [0.2, 0.25) is 5.02 Å². The van der Waals surface area contributed by atoms with E-state index in [4.69, 9.17) is 11.6 Å². The quantitative estimate of drug-likeness (QED) is 0.411. The monoisotopic (exact) mass is 528 g/mol. The van der Waals surface area contributed by atoms with Crippen LogP contribution in [0.1, 0.15) is 29.4 Å². The van der Waals surface area contributed by atoms with Crippen molar-refractivity contribution in [3.63, 3.8) is 0 Å². The zero-order chi connectivity index (χ0) is 24.0. The summed E-state index contributed by atoms with van der Waals surface area (Å²) >= 11 is 10.4. The predicted octanol–water partition coefficient (Wildman–Crippen LogP) is 2.41. The van der Waals surface area contributed by atoms with Crippen LogP contribution in [0.3, 0.4) is 0 Å². The van der Waals surface area contributed by atoms with Crippen LogP contribution in [0, 0.1) is 20.8 Å². The molecule has 4 heterocycles. The van der Waals surface area contributed by atoms with Gasteiger partial charge in [0, 0.05) is 11.5 Å². The second-order valence-electron chi connectivity index (χ2n) is 7.63. The first kappa shape index (κ1) is 24.0. The third kappa shape index (κ3) is 4.38. The highest BCUT2D eigenvalue weighted by atomic mass is 35.5. The molecule has 2 amide bonds. The third-order valence-corrected chi connectivity index (χ3v) is 9.35. The molecule has 1 saturated heterocycles. The molecule has 0 radical (unpaired) electrons. The van der Waals surface area contributed by atoms with Gasteiger partial charge in [-0.25, -0.2) is 4.79 Å². The van der Waals surface area contributed by atoms with Crippen LogP contribution in [-0.4, -0.2) is 70.7 Å². The van der Waals surface area contributed by atoms with E-state index in [2.05, 4.69) is 20.6 Å². The van der Waals surface area contributed by atoms with Crippen LogP contribution in [0.25, 0.3) is 0 Å². The number of halogens is 1. The molecule has 10 nitrogen and oxygen atoms in total. The molecular formula is C19H21ClN6O4S3. The van der Waals surface area contributed by atoms with E-state index in [9.17, 15) is 19.5 Å². The van der Waals surface area contributed by atoms with Crippen molar-refractivity contribution in [3.05, 3.63) is 32.7 Å². The zero-order valence-corrected chi connectivity index (χ0v) is 21.4. The fourth-order valence-corrected chi connectivity index (χ4v) is 7.11. The highest BCUT2D eigenvalue weighted by Crippen LogP contribution is 2.42. The Bertz CT molecular complexity index is 1180. The summed E-state index contributed by atoms with van der Waals surface area (Å²) in [6.07, 6.45) is 0. The van der Waals surface area contributed by atoms with E-state index in [0.717, 1.165) is 9.35 Å². The summed E-state index contributed by atoms with van der Waals surface area (Å²) in [4.78, 5) is 39.0. The average Bonchev–Trinajstić information content (AvgIpc) is 3.31. The minimum absolute atomic E-state index is 0.0126. The molecule has 0 bridgehead atoms. The molecule has 1 fully saturated rings. The number of rotatable bonds is 7. The van der Waals surface area contributed by atoms with Crippen LogP contribution < -0.4 is 5.32 Å². The fraction of sp³-hybridized carbons (Fsp3) is 0.474. The molecule has 33 heavy (non-hydrogen) atoms. The molecule has 2 aromatic rings. The molecule has 2 aliphatic rings. The molecule has 14 heteroatoms. The van der Waals surface area contributed by atoms with Gasteiger partial charge in [-0.3, -0.25) is 19.2 Å². The summed E-state index contributed by atoms with van der Waals surface area (Å²) < 4.78 is 2.27. The van der Waals surface area contributed by atoms with E-state index in [0.29, 0.717) is 33.5 Å². The van der Waals surface area contributed by atoms with Gasteiger partial charge in [0.2, 0.25) is 5.91 Å². The number of aliphatic carboxylic acids is 1. The van der Waals surface area contributed by atoms with E-state index in [1.165, 1.54) is 44.4 Å². The second-order valence-corrected chi connectivity index (χ2v) is 11.5. The molecule has 0 unspecified atom stereocenters. The minimum atomic E-state index is -1.16. The van der Waals surface area contributed by atoms with Crippen LogP contribution in [0.4, 0.5) is 0 Å². The number of hydrogen-bond donors (Lipinski definition) is 2. The predicted molar refractivity (Wildman–Crippen MR) is 126 cm³/mol. The van der Waals surface area contributed by atoms with Crippen molar-refractivity contribution in [1.29, 1.82) is 0 Å². The van der Waals surface area contributed by atoms with Gasteiger partial charge in [0.25, 0.3) is 5.91 Å². The lowest BCUT2D eigenvalue weighted by Gasteiger charge is -2.49. The Balaban J connectivity index is 1.46. The van der Waals surface area contributed by atoms with Gasteiger partial charge < -0.3 is 10.4 Å². The lowest BCUT2D eigenvalue weighted by molar-refractivity contribution is -0.151. The summed E-state index contributed by atoms with van der Waals surface area (Å²) in [6, 6.07) is -1.48. The first-order chi connectivity index (χ1) is 15.6. The molecule has 3 atom stereocenters. The number of carbonyl (C=O) groups is 3. The number of hydrogen-bond acceptors (Lipinski definition) is 9. The number of aromatic nitrogens is 4. The van der Waals surface area contributed by atoms with E-state index in [1.54, 1.807) is 20.8 Å². The van der Waals surface area contributed by atoms with E-state index in [-0.39, 0.29) is 11.6 Å². The summed E-state index contributed by atoms with van der Waals surface area (Å²) in [6.45, 7) is 7.05. The van der Waals surface area contributed by atoms with Gasteiger partial charge >= 0.3 is 5.97 Å².